The Bertz CT molecular complexity index is 806. The van der Waals surface area contributed by atoms with Crippen LogP contribution in [0.15, 0.2) is 48.5 Å². The van der Waals surface area contributed by atoms with E-state index in [2.05, 4.69) is 5.32 Å². The predicted octanol–water partition coefficient (Wildman–Crippen LogP) is 4.32. The Balaban J connectivity index is 2.24. The molecule has 0 spiro atoms. The Hall–Kier alpha value is -2.37. The minimum Gasteiger partial charge on any atom is -0.364 e. The molecule has 1 unspecified atom stereocenters. The van der Waals surface area contributed by atoms with Gasteiger partial charge in [0.2, 0.25) is 0 Å². The molecular formula is C21H25ClN2O3. The van der Waals surface area contributed by atoms with Gasteiger partial charge in [-0.05, 0) is 44.5 Å². The Morgan fingerprint density at radius 3 is 2.26 bits per heavy atom. The second-order valence-corrected chi connectivity index (χ2v) is 6.64. The van der Waals surface area contributed by atoms with Crippen molar-refractivity contribution < 1.29 is 14.3 Å². The van der Waals surface area contributed by atoms with Gasteiger partial charge >= 0.3 is 0 Å². The number of methoxy groups -OCH3 is 1. The molecule has 1 atom stereocenters. The molecule has 0 saturated heterocycles. The van der Waals surface area contributed by atoms with Crippen LogP contribution in [0, 0.1) is 0 Å². The highest BCUT2D eigenvalue weighted by Gasteiger charge is 2.35. The van der Waals surface area contributed by atoms with Crippen LogP contribution in [0.5, 0.6) is 0 Å². The van der Waals surface area contributed by atoms with Crippen LogP contribution in [-0.4, -0.2) is 36.9 Å². The summed E-state index contributed by atoms with van der Waals surface area (Å²) in [4.78, 5) is 27.0. The van der Waals surface area contributed by atoms with Crippen LogP contribution in [0.4, 0.5) is 5.69 Å². The van der Waals surface area contributed by atoms with Gasteiger partial charge in [0.15, 0.2) is 5.60 Å². The van der Waals surface area contributed by atoms with Crippen LogP contribution in [0.1, 0.15) is 36.7 Å². The molecule has 0 aliphatic rings. The predicted molar refractivity (Wildman–Crippen MR) is 108 cm³/mol. The third-order valence-electron chi connectivity index (χ3n) is 4.67. The monoisotopic (exact) mass is 388 g/mol. The lowest BCUT2D eigenvalue weighted by molar-refractivity contribution is -0.136. The lowest BCUT2D eigenvalue weighted by Crippen LogP contribution is -2.39. The fourth-order valence-corrected chi connectivity index (χ4v) is 3.06. The van der Waals surface area contributed by atoms with Gasteiger partial charge in [0.25, 0.3) is 11.8 Å². The van der Waals surface area contributed by atoms with Crippen molar-refractivity contribution in [1.82, 2.24) is 4.90 Å². The van der Waals surface area contributed by atoms with Crippen LogP contribution in [-0.2, 0) is 15.1 Å². The highest BCUT2D eigenvalue weighted by Crippen LogP contribution is 2.28. The first-order valence-electron chi connectivity index (χ1n) is 8.88. The molecule has 0 saturated carbocycles. The summed E-state index contributed by atoms with van der Waals surface area (Å²) in [6, 6.07) is 14.1. The SMILES string of the molecule is CCN(CC)C(=O)c1ccc(NC(=O)C(C)(OC)c2ccccc2)cc1Cl. The molecule has 2 aromatic rings. The van der Waals surface area contributed by atoms with E-state index in [1.54, 1.807) is 30.0 Å². The molecule has 2 rings (SSSR count). The van der Waals surface area contributed by atoms with Gasteiger partial charge in [0.05, 0.1) is 10.6 Å². The van der Waals surface area contributed by atoms with E-state index < -0.39 is 5.60 Å². The first kappa shape index (κ1) is 20.9. The summed E-state index contributed by atoms with van der Waals surface area (Å²) in [6.45, 7) is 6.75. The highest BCUT2D eigenvalue weighted by atomic mass is 35.5. The quantitative estimate of drug-likeness (QED) is 0.768. The third-order valence-corrected chi connectivity index (χ3v) is 4.99. The van der Waals surface area contributed by atoms with E-state index in [-0.39, 0.29) is 11.8 Å². The van der Waals surface area contributed by atoms with E-state index >= 15 is 0 Å². The smallest absolute Gasteiger partial charge is 0.260 e. The van der Waals surface area contributed by atoms with Crippen molar-refractivity contribution in [2.24, 2.45) is 0 Å². The van der Waals surface area contributed by atoms with E-state index in [1.165, 1.54) is 7.11 Å². The molecule has 0 aliphatic heterocycles. The van der Waals surface area contributed by atoms with Crippen LogP contribution in [0.2, 0.25) is 5.02 Å². The second kappa shape index (κ2) is 9.02. The normalized spacial score (nSPS) is 12.9. The zero-order chi connectivity index (χ0) is 20.0. The van der Waals surface area contributed by atoms with E-state index in [9.17, 15) is 9.59 Å². The molecule has 2 amide bonds. The summed E-state index contributed by atoms with van der Waals surface area (Å²) in [7, 11) is 1.49. The number of carbonyl (C=O) groups is 2. The summed E-state index contributed by atoms with van der Waals surface area (Å²) in [5.41, 5.74) is 0.504. The zero-order valence-electron chi connectivity index (χ0n) is 16.1. The Morgan fingerprint density at radius 2 is 1.74 bits per heavy atom. The molecule has 27 heavy (non-hydrogen) atoms. The van der Waals surface area contributed by atoms with Gasteiger partial charge in [0, 0.05) is 25.9 Å². The van der Waals surface area contributed by atoms with Crippen molar-refractivity contribution in [3.8, 4) is 0 Å². The van der Waals surface area contributed by atoms with Gasteiger partial charge < -0.3 is 15.0 Å². The number of hydrogen-bond acceptors (Lipinski definition) is 3. The van der Waals surface area contributed by atoms with Crippen molar-refractivity contribution in [3.05, 3.63) is 64.7 Å². The zero-order valence-corrected chi connectivity index (χ0v) is 16.8. The maximum absolute atomic E-state index is 12.8. The minimum absolute atomic E-state index is 0.131. The molecule has 0 radical (unpaired) electrons. The van der Waals surface area contributed by atoms with Crippen molar-refractivity contribution in [2.45, 2.75) is 26.4 Å². The Labute approximate surface area is 165 Å². The average molecular weight is 389 g/mol. The number of nitrogens with zero attached hydrogens (tertiary/aromatic N) is 1. The molecule has 1 N–H and O–H groups in total. The number of carbonyl (C=O) groups excluding carboxylic acids is 2. The number of nitrogens with one attached hydrogen (secondary N) is 1. The first-order valence-corrected chi connectivity index (χ1v) is 9.26. The standard InChI is InChI=1S/C21H25ClN2O3/c1-5-24(6-2)19(25)17-13-12-16(14-18(17)22)23-20(26)21(3,27-4)15-10-8-7-9-11-15/h7-14H,5-6H2,1-4H3,(H,23,26). The molecule has 2 aromatic carbocycles. The van der Waals surface area contributed by atoms with Gasteiger partial charge in [-0.3, -0.25) is 9.59 Å². The number of ether oxygens (including phenoxy) is 1. The fraction of sp³-hybridized carbons (Fsp3) is 0.333. The number of rotatable bonds is 7. The Kier molecular flexibility index (Phi) is 6.99. The summed E-state index contributed by atoms with van der Waals surface area (Å²) < 4.78 is 5.50. The molecule has 0 heterocycles. The van der Waals surface area contributed by atoms with E-state index in [4.69, 9.17) is 16.3 Å². The number of benzene rings is 2. The van der Waals surface area contributed by atoms with Crippen LogP contribution < -0.4 is 5.32 Å². The van der Waals surface area contributed by atoms with Gasteiger partial charge in [-0.25, -0.2) is 0 Å². The number of anilines is 1. The minimum atomic E-state index is -1.15. The molecule has 5 nitrogen and oxygen atoms in total. The van der Waals surface area contributed by atoms with E-state index in [1.807, 2.05) is 44.2 Å². The van der Waals surface area contributed by atoms with Crippen molar-refractivity contribution in [2.75, 3.05) is 25.5 Å². The lowest BCUT2D eigenvalue weighted by Gasteiger charge is -2.27. The summed E-state index contributed by atoms with van der Waals surface area (Å²) in [5, 5.41) is 3.12. The summed E-state index contributed by atoms with van der Waals surface area (Å²) >= 11 is 6.30. The van der Waals surface area contributed by atoms with Gasteiger partial charge in [-0.15, -0.1) is 0 Å². The van der Waals surface area contributed by atoms with Crippen molar-refractivity contribution in [1.29, 1.82) is 0 Å². The molecule has 0 bridgehead atoms. The summed E-state index contributed by atoms with van der Waals surface area (Å²) in [6.07, 6.45) is 0. The van der Waals surface area contributed by atoms with Crippen molar-refractivity contribution in [3.63, 3.8) is 0 Å². The molecular weight excluding hydrogens is 364 g/mol. The van der Waals surface area contributed by atoms with Crippen molar-refractivity contribution >= 4 is 29.1 Å². The molecule has 0 fully saturated rings. The molecule has 0 aliphatic carbocycles. The third kappa shape index (κ3) is 4.49. The number of amides is 2. The maximum Gasteiger partial charge on any atom is 0.260 e. The second-order valence-electron chi connectivity index (χ2n) is 6.23. The van der Waals surface area contributed by atoms with Gasteiger partial charge in [-0.1, -0.05) is 41.9 Å². The van der Waals surface area contributed by atoms with Crippen LogP contribution in [0.25, 0.3) is 0 Å². The summed E-state index contributed by atoms with van der Waals surface area (Å²) in [5.74, 6) is -0.455. The van der Waals surface area contributed by atoms with E-state index in [0.29, 0.717) is 29.4 Å². The van der Waals surface area contributed by atoms with Crippen LogP contribution >= 0.6 is 11.6 Å². The topological polar surface area (TPSA) is 58.6 Å². The molecule has 144 valence electrons. The molecule has 6 heteroatoms. The van der Waals surface area contributed by atoms with Gasteiger partial charge in [-0.2, -0.15) is 0 Å². The van der Waals surface area contributed by atoms with Crippen LogP contribution in [0.3, 0.4) is 0 Å². The fourth-order valence-electron chi connectivity index (χ4n) is 2.80. The lowest BCUT2D eigenvalue weighted by atomic mass is 9.94. The molecule has 0 aromatic heterocycles. The number of halogens is 1. The Morgan fingerprint density at radius 1 is 1.11 bits per heavy atom. The van der Waals surface area contributed by atoms with E-state index in [0.717, 1.165) is 5.56 Å². The number of hydrogen-bond donors (Lipinski definition) is 1. The maximum atomic E-state index is 12.8. The largest absolute Gasteiger partial charge is 0.364 e. The average Bonchev–Trinajstić information content (AvgIpc) is 2.68. The first-order chi connectivity index (χ1) is 12.9. The van der Waals surface area contributed by atoms with Gasteiger partial charge in [0.1, 0.15) is 0 Å². The highest BCUT2D eigenvalue weighted by molar-refractivity contribution is 6.34.